The number of nitrogens with zero attached hydrogens (tertiary/aromatic N) is 2. The summed E-state index contributed by atoms with van der Waals surface area (Å²) in [5.74, 6) is 1.91. The number of benzene rings is 3. The minimum absolute atomic E-state index is 0.165. The average Bonchev–Trinajstić information content (AvgIpc) is 3.28. The standard InChI is InChI=1S/C32H36N4O3/c1-6-8-17-39-27-16-14-23(19-28(27)38-7-2)30-29(31(37)34-24-15-13-20(3)18-21(24)4)22(5)33-32-35-25-11-9-10-12-26(25)36(30)32/h9-16,18-19,30H,6-8,17H2,1-5H3,(H,33,35)(H,34,37)/t30-/m0/s1. The second-order valence-corrected chi connectivity index (χ2v) is 9.97. The molecule has 0 unspecified atom stereocenters. The molecule has 4 aromatic rings. The Labute approximate surface area is 229 Å². The second kappa shape index (κ2) is 11.2. The summed E-state index contributed by atoms with van der Waals surface area (Å²) >= 11 is 0. The molecule has 0 radical (unpaired) electrons. The van der Waals surface area contributed by atoms with Crippen molar-refractivity contribution >= 4 is 28.6 Å². The maximum absolute atomic E-state index is 14.0. The van der Waals surface area contributed by atoms with Gasteiger partial charge >= 0.3 is 0 Å². The van der Waals surface area contributed by atoms with Crippen molar-refractivity contribution in [1.82, 2.24) is 9.55 Å². The largest absolute Gasteiger partial charge is 0.490 e. The van der Waals surface area contributed by atoms with Gasteiger partial charge in [-0.3, -0.25) is 9.36 Å². The molecule has 1 amide bonds. The molecule has 0 bridgehead atoms. The highest BCUT2D eigenvalue weighted by Crippen LogP contribution is 2.42. The molecule has 2 N–H and O–H groups in total. The van der Waals surface area contributed by atoms with Gasteiger partial charge in [0.2, 0.25) is 5.95 Å². The summed E-state index contributed by atoms with van der Waals surface area (Å²) in [6, 6.07) is 19.6. The monoisotopic (exact) mass is 524 g/mol. The highest BCUT2D eigenvalue weighted by Gasteiger charge is 2.34. The van der Waals surface area contributed by atoms with Crippen molar-refractivity contribution in [2.75, 3.05) is 23.8 Å². The molecule has 0 aliphatic carbocycles. The number of aromatic nitrogens is 2. The lowest BCUT2D eigenvalue weighted by Gasteiger charge is -2.31. The number of ether oxygens (including phenoxy) is 2. The zero-order valence-corrected chi connectivity index (χ0v) is 23.3. The van der Waals surface area contributed by atoms with E-state index in [1.54, 1.807) is 0 Å². The molecule has 2 heterocycles. The summed E-state index contributed by atoms with van der Waals surface area (Å²) in [7, 11) is 0. The number of anilines is 2. The van der Waals surface area contributed by atoms with Crippen LogP contribution in [-0.2, 0) is 4.79 Å². The SMILES string of the molecule is CCCCOc1ccc([C@H]2C(C(=O)Nc3ccc(C)cc3C)=C(C)Nc3nc4ccccc4n32)cc1OCC. The Morgan fingerprint density at radius 2 is 1.82 bits per heavy atom. The van der Waals surface area contributed by atoms with Crippen LogP contribution in [0.3, 0.4) is 0 Å². The van der Waals surface area contributed by atoms with E-state index in [2.05, 4.69) is 28.2 Å². The molecule has 202 valence electrons. The Morgan fingerprint density at radius 1 is 1.00 bits per heavy atom. The molecule has 1 aliphatic heterocycles. The molecular formula is C32H36N4O3. The zero-order valence-electron chi connectivity index (χ0n) is 23.3. The zero-order chi connectivity index (χ0) is 27.5. The lowest BCUT2D eigenvalue weighted by Crippen LogP contribution is -2.31. The quantitative estimate of drug-likeness (QED) is 0.227. The Balaban J connectivity index is 1.63. The van der Waals surface area contributed by atoms with Gasteiger partial charge in [0, 0.05) is 11.4 Å². The van der Waals surface area contributed by atoms with Gasteiger partial charge in [-0.25, -0.2) is 4.98 Å². The van der Waals surface area contributed by atoms with E-state index in [9.17, 15) is 4.79 Å². The van der Waals surface area contributed by atoms with Crippen LogP contribution >= 0.6 is 0 Å². The number of nitrogens with one attached hydrogen (secondary N) is 2. The number of carbonyl (C=O) groups is 1. The van der Waals surface area contributed by atoms with Gasteiger partial charge in [0.25, 0.3) is 5.91 Å². The molecule has 0 fully saturated rings. The van der Waals surface area contributed by atoms with Crippen molar-refractivity contribution in [3.05, 3.63) is 88.6 Å². The molecule has 0 spiro atoms. The van der Waals surface area contributed by atoms with Gasteiger partial charge in [-0.2, -0.15) is 0 Å². The lowest BCUT2D eigenvalue weighted by atomic mass is 9.93. The van der Waals surface area contributed by atoms with Gasteiger partial charge in [0.1, 0.15) is 0 Å². The molecule has 1 atom stereocenters. The molecule has 0 saturated heterocycles. The summed E-state index contributed by atoms with van der Waals surface area (Å²) in [5.41, 5.74) is 7.05. The normalized spacial score (nSPS) is 14.6. The molecule has 1 aliphatic rings. The lowest BCUT2D eigenvalue weighted by molar-refractivity contribution is -0.113. The highest BCUT2D eigenvalue weighted by molar-refractivity contribution is 6.06. The van der Waals surface area contributed by atoms with Crippen LogP contribution in [0.15, 0.2) is 71.9 Å². The van der Waals surface area contributed by atoms with Crippen molar-refractivity contribution < 1.29 is 14.3 Å². The smallest absolute Gasteiger partial charge is 0.255 e. The topological polar surface area (TPSA) is 77.4 Å². The molecule has 39 heavy (non-hydrogen) atoms. The van der Waals surface area contributed by atoms with Gasteiger partial charge in [-0.1, -0.05) is 49.2 Å². The van der Waals surface area contributed by atoms with Crippen LogP contribution in [0.25, 0.3) is 11.0 Å². The molecule has 3 aromatic carbocycles. The molecule has 7 heteroatoms. The third-order valence-corrected chi connectivity index (χ3v) is 7.04. The molecular weight excluding hydrogens is 488 g/mol. The molecule has 5 rings (SSSR count). The molecule has 1 aromatic heterocycles. The van der Waals surface area contributed by atoms with Crippen molar-refractivity contribution in [3.8, 4) is 11.5 Å². The summed E-state index contributed by atoms with van der Waals surface area (Å²) in [6.07, 6.45) is 2.02. The first-order valence-corrected chi connectivity index (χ1v) is 13.6. The van der Waals surface area contributed by atoms with E-state index in [-0.39, 0.29) is 5.91 Å². The van der Waals surface area contributed by atoms with Crippen LogP contribution in [0.4, 0.5) is 11.6 Å². The van der Waals surface area contributed by atoms with Crippen LogP contribution in [0.2, 0.25) is 0 Å². The Bertz CT molecular complexity index is 1550. The Kier molecular flexibility index (Phi) is 7.59. The number of hydrogen-bond donors (Lipinski definition) is 2. The average molecular weight is 525 g/mol. The van der Waals surface area contributed by atoms with E-state index < -0.39 is 6.04 Å². The van der Waals surface area contributed by atoms with E-state index in [0.29, 0.717) is 36.2 Å². The van der Waals surface area contributed by atoms with Gasteiger partial charge in [0.15, 0.2) is 11.5 Å². The molecule has 7 nitrogen and oxygen atoms in total. The number of amides is 1. The minimum Gasteiger partial charge on any atom is -0.490 e. The van der Waals surface area contributed by atoms with Crippen molar-refractivity contribution in [2.24, 2.45) is 0 Å². The fraction of sp³-hybridized carbons (Fsp3) is 0.312. The number of rotatable bonds is 9. The predicted octanol–water partition coefficient (Wildman–Crippen LogP) is 7.16. The fourth-order valence-corrected chi connectivity index (χ4v) is 5.13. The van der Waals surface area contributed by atoms with Crippen LogP contribution in [-0.4, -0.2) is 28.7 Å². The van der Waals surface area contributed by atoms with E-state index >= 15 is 0 Å². The van der Waals surface area contributed by atoms with E-state index in [0.717, 1.165) is 51.9 Å². The maximum atomic E-state index is 14.0. The summed E-state index contributed by atoms with van der Waals surface area (Å²) in [4.78, 5) is 18.9. The fourth-order valence-electron chi connectivity index (χ4n) is 5.13. The number of allylic oxidation sites excluding steroid dienone is 1. The number of aryl methyl sites for hydroxylation is 2. The van der Waals surface area contributed by atoms with Crippen molar-refractivity contribution in [1.29, 1.82) is 0 Å². The Hall–Kier alpha value is -4.26. The number of hydrogen-bond acceptors (Lipinski definition) is 5. The number of para-hydroxylation sites is 2. The number of carbonyl (C=O) groups excluding carboxylic acids is 1. The van der Waals surface area contributed by atoms with Crippen LogP contribution in [0.1, 0.15) is 56.3 Å². The number of imidazole rings is 1. The van der Waals surface area contributed by atoms with E-state index in [1.165, 1.54) is 0 Å². The first-order chi connectivity index (χ1) is 18.9. The highest BCUT2D eigenvalue weighted by atomic mass is 16.5. The first-order valence-electron chi connectivity index (χ1n) is 13.6. The van der Waals surface area contributed by atoms with Crippen LogP contribution in [0, 0.1) is 13.8 Å². The van der Waals surface area contributed by atoms with Gasteiger partial charge in [0.05, 0.1) is 35.9 Å². The summed E-state index contributed by atoms with van der Waals surface area (Å²) in [5, 5.41) is 6.56. The van der Waals surface area contributed by atoms with Crippen LogP contribution < -0.4 is 20.1 Å². The van der Waals surface area contributed by atoms with Crippen molar-refractivity contribution in [3.63, 3.8) is 0 Å². The minimum atomic E-state index is -0.427. The van der Waals surface area contributed by atoms with Gasteiger partial charge in [-0.05, 0) is 75.6 Å². The predicted molar refractivity (Wildman–Crippen MR) is 157 cm³/mol. The Morgan fingerprint density at radius 3 is 2.59 bits per heavy atom. The number of fused-ring (bicyclic) bond motifs is 3. The molecule has 0 saturated carbocycles. The van der Waals surface area contributed by atoms with Crippen molar-refractivity contribution in [2.45, 2.75) is 53.5 Å². The summed E-state index contributed by atoms with van der Waals surface area (Å²) in [6.45, 7) is 11.2. The van der Waals surface area contributed by atoms with E-state index in [4.69, 9.17) is 14.5 Å². The third kappa shape index (κ3) is 5.21. The maximum Gasteiger partial charge on any atom is 0.255 e. The first kappa shape index (κ1) is 26.4. The van der Waals surface area contributed by atoms with Gasteiger partial charge < -0.3 is 20.1 Å². The summed E-state index contributed by atoms with van der Waals surface area (Å²) < 4.78 is 14.2. The van der Waals surface area contributed by atoms with Gasteiger partial charge in [-0.15, -0.1) is 0 Å². The van der Waals surface area contributed by atoms with E-state index in [1.807, 2.05) is 82.3 Å². The number of unbranched alkanes of at least 4 members (excludes halogenated alkanes) is 1. The van der Waals surface area contributed by atoms with Crippen LogP contribution in [0.5, 0.6) is 11.5 Å². The second-order valence-electron chi connectivity index (χ2n) is 9.97. The third-order valence-electron chi connectivity index (χ3n) is 7.04.